The molecule has 2 aliphatic rings. The Balaban J connectivity index is 1.57. The van der Waals surface area contributed by atoms with E-state index in [1.807, 2.05) is 11.0 Å². The number of hydrogen-bond acceptors (Lipinski definition) is 5. The van der Waals surface area contributed by atoms with Gasteiger partial charge < -0.3 is 9.80 Å². The maximum atomic E-state index is 12.4. The Morgan fingerprint density at radius 1 is 1.12 bits per heavy atom. The quantitative estimate of drug-likeness (QED) is 0.909. The van der Waals surface area contributed by atoms with Crippen LogP contribution in [-0.2, 0) is 0 Å². The average molecular weight is 346 g/mol. The lowest BCUT2D eigenvalue weighted by molar-refractivity contribution is 0.186. The van der Waals surface area contributed by atoms with Crippen LogP contribution in [0.5, 0.6) is 0 Å². The first-order chi connectivity index (χ1) is 12.0. The smallest absolute Gasteiger partial charge is 0.323 e. The highest BCUT2D eigenvalue weighted by molar-refractivity contribution is 5.88. The van der Waals surface area contributed by atoms with E-state index < -0.39 is 0 Å². The molecule has 1 aromatic heterocycles. The summed E-state index contributed by atoms with van der Waals surface area (Å²) in [6, 6.07) is 2.41. The van der Waals surface area contributed by atoms with Crippen LogP contribution in [0.2, 0.25) is 0 Å². The van der Waals surface area contributed by atoms with Gasteiger partial charge in [0.25, 0.3) is 0 Å². The van der Waals surface area contributed by atoms with Crippen molar-refractivity contribution in [3.8, 4) is 0 Å². The molecule has 2 aliphatic heterocycles. The van der Waals surface area contributed by atoms with Crippen molar-refractivity contribution in [2.24, 2.45) is 5.92 Å². The lowest BCUT2D eigenvalue weighted by Gasteiger charge is -2.37. The van der Waals surface area contributed by atoms with E-state index in [0.29, 0.717) is 17.8 Å². The Morgan fingerprint density at radius 3 is 2.44 bits per heavy atom. The average Bonchev–Trinajstić information content (AvgIpc) is 2.62. The zero-order chi connectivity index (χ0) is 17.8. The van der Waals surface area contributed by atoms with Crippen LogP contribution >= 0.6 is 0 Å². The summed E-state index contributed by atoms with van der Waals surface area (Å²) in [4.78, 5) is 27.6. The molecule has 0 atom stereocenters. The van der Waals surface area contributed by atoms with E-state index in [1.165, 1.54) is 6.33 Å². The van der Waals surface area contributed by atoms with Gasteiger partial charge in [0.1, 0.15) is 18.0 Å². The molecule has 1 N–H and O–H groups in total. The van der Waals surface area contributed by atoms with E-state index in [9.17, 15) is 4.79 Å². The van der Waals surface area contributed by atoms with E-state index in [-0.39, 0.29) is 6.03 Å². The molecule has 0 saturated carbocycles. The topological polar surface area (TPSA) is 64.6 Å². The van der Waals surface area contributed by atoms with Crippen molar-refractivity contribution < 1.29 is 4.79 Å². The predicted molar refractivity (Wildman–Crippen MR) is 99.9 cm³/mol. The van der Waals surface area contributed by atoms with Gasteiger partial charge in [-0.1, -0.05) is 6.92 Å². The zero-order valence-electron chi connectivity index (χ0n) is 15.6. The fourth-order valence-electron chi connectivity index (χ4n) is 3.46. The predicted octanol–water partition coefficient (Wildman–Crippen LogP) is 2.27. The normalized spacial score (nSPS) is 20.2. The highest BCUT2D eigenvalue weighted by Gasteiger charge is 2.22. The lowest BCUT2D eigenvalue weighted by Crippen LogP contribution is -2.49. The van der Waals surface area contributed by atoms with Gasteiger partial charge in [0.05, 0.1) is 0 Å². The number of anilines is 2. The maximum absolute atomic E-state index is 12.4. The highest BCUT2D eigenvalue weighted by atomic mass is 16.2. The molecule has 7 nitrogen and oxygen atoms in total. The first-order valence-corrected chi connectivity index (χ1v) is 9.40. The van der Waals surface area contributed by atoms with Gasteiger partial charge >= 0.3 is 6.03 Å². The Hall–Kier alpha value is -1.89. The van der Waals surface area contributed by atoms with Gasteiger partial charge in [0.2, 0.25) is 0 Å². The van der Waals surface area contributed by atoms with E-state index >= 15 is 0 Å². The van der Waals surface area contributed by atoms with Gasteiger partial charge in [-0.05, 0) is 32.6 Å². The molecule has 0 unspecified atom stereocenters. The summed E-state index contributed by atoms with van der Waals surface area (Å²) in [5, 5.41) is 2.93. The lowest BCUT2D eigenvalue weighted by atomic mass is 10.00. The van der Waals surface area contributed by atoms with Crippen molar-refractivity contribution in [3.63, 3.8) is 0 Å². The number of hydrogen-bond donors (Lipinski definition) is 1. The largest absolute Gasteiger partial charge is 0.354 e. The summed E-state index contributed by atoms with van der Waals surface area (Å²) in [7, 11) is 0. The van der Waals surface area contributed by atoms with E-state index in [1.54, 1.807) is 0 Å². The van der Waals surface area contributed by atoms with Gasteiger partial charge in [-0.2, -0.15) is 0 Å². The van der Waals surface area contributed by atoms with E-state index in [4.69, 9.17) is 0 Å². The molecule has 0 radical (unpaired) electrons. The second-order valence-electron chi connectivity index (χ2n) is 7.48. The van der Waals surface area contributed by atoms with Crippen molar-refractivity contribution in [2.45, 2.75) is 39.7 Å². The Labute approximate surface area is 150 Å². The molecular formula is C18H30N6O. The number of amides is 2. The van der Waals surface area contributed by atoms with Crippen molar-refractivity contribution in [2.75, 3.05) is 49.5 Å². The third-order valence-corrected chi connectivity index (χ3v) is 5.33. The minimum atomic E-state index is -0.0545. The Bertz CT molecular complexity index is 577. The third kappa shape index (κ3) is 4.60. The number of piperazine rings is 1. The van der Waals surface area contributed by atoms with Crippen molar-refractivity contribution in [3.05, 3.63) is 12.4 Å². The molecule has 25 heavy (non-hydrogen) atoms. The summed E-state index contributed by atoms with van der Waals surface area (Å²) in [6.07, 6.45) is 3.68. The summed E-state index contributed by atoms with van der Waals surface area (Å²) in [5.74, 6) is 2.18. The number of likely N-dealkylation sites (tertiary alicyclic amines) is 1. The number of rotatable bonds is 3. The second kappa shape index (κ2) is 7.99. The molecule has 0 spiro atoms. The number of urea groups is 1. The molecule has 3 heterocycles. The molecule has 2 amide bonds. The van der Waals surface area contributed by atoms with E-state index in [0.717, 1.165) is 57.9 Å². The van der Waals surface area contributed by atoms with Crippen LogP contribution in [0.25, 0.3) is 0 Å². The molecule has 3 rings (SSSR count). The minimum Gasteiger partial charge on any atom is -0.354 e. The second-order valence-corrected chi connectivity index (χ2v) is 7.48. The van der Waals surface area contributed by atoms with Crippen molar-refractivity contribution in [1.82, 2.24) is 19.8 Å². The molecule has 0 bridgehead atoms. The number of nitrogens with zero attached hydrogens (tertiary/aromatic N) is 5. The maximum Gasteiger partial charge on any atom is 0.323 e. The van der Waals surface area contributed by atoms with Gasteiger partial charge in [-0.15, -0.1) is 0 Å². The SMILES string of the molecule is CC1CCN(C(=O)Nc2cc(N3CCN(C(C)C)CC3)ncn2)CC1. The van der Waals surface area contributed by atoms with Crippen LogP contribution in [0.1, 0.15) is 33.6 Å². The number of carbonyl (C=O) groups is 1. The number of carbonyl (C=O) groups excluding carboxylic acids is 1. The molecule has 0 aromatic carbocycles. The number of piperidine rings is 1. The minimum absolute atomic E-state index is 0.0545. The summed E-state index contributed by atoms with van der Waals surface area (Å²) < 4.78 is 0. The molecule has 2 saturated heterocycles. The molecule has 138 valence electrons. The standard InChI is InChI=1S/C18H30N6O/c1-14(2)22-8-10-23(11-9-22)17-12-16(19-13-20-17)21-18(25)24-6-4-15(3)5-7-24/h12-15H,4-11H2,1-3H3,(H,19,20,21,25). The molecule has 7 heteroatoms. The zero-order valence-corrected chi connectivity index (χ0v) is 15.6. The fraction of sp³-hybridized carbons (Fsp3) is 0.722. The van der Waals surface area contributed by atoms with Gasteiger partial charge in [-0.3, -0.25) is 10.2 Å². The molecule has 1 aromatic rings. The van der Waals surface area contributed by atoms with Gasteiger partial charge in [0.15, 0.2) is 0 Å². The van der Waals surface area contributed by atoms with Crippen LogP contribution < -0.4 is 10.2 Å². The van der Waals surface area contributed by atoms with Crippen LogP contribution in [0.15, 0.2) is 12.4 Å². The molecule has 2 fully saturated rings. The van der Waals surface area contributed by atoms with Crippen LogP contribution in [0.3, 0.4) is 0 Å². The Morgan fingerprint density at radius 2 is 1.80 bits per heavy atom. The summed E-state index contributed by atoms with van der Waals surface area (Å²) >= 11 is 0. The first kappa shape index (κ1) is 17.9. The molecular weight excluding hydrogens is 316 g/mol. The van der Waals surface area contributed by atoms with Gasteiger partial charge in [-0.25, -0.2) is 14.8 Å². The number of nitrogens with one attached hydrogen (secondary N) is 1. The first-order valence-electron chi connectivity index (χ1n) is 9.40. The van der Waals surface area contributed by atoms with Crippen LogP contribution in [0, 0.1) is 5.92 Å². The highest BCUT2D eigenvalue weighted by Crippen LogP contribution is 2.19. The van der Waals surface area contributed by atoms with Crippen LogP contribution in [-0.4, -0.2) is 71.1 Å². The monoisotopic (exact) mass is 346 g/mol. The third-order valence-electron chi connectivity index (χ3n) is 5.33. The summed E-state index contributed by atoms with van der Waals surface area (Å²) in [6.45, 7) is 12.3. The van der Waals surface area contributed by atoms with Crippen molar-refractivity contribution >= 4 is 17.7 Å². The molecule has 0 aliphatic carbocycles. The van der Waals surface area contributed by atoms with E-state index in [2.05, 4.69) is 45.9 Å². The fourth-order valence-corrected chi connectivity index (χ4v) is 3.46. The van der Waals surface area contributed by atoms with Gasteiger partial charge in [0, 0.05) is 51.4 Å². The van der Waals surface area contributed by atoms with Crippen molar-refractivity contribution in [1.29, 1.82) is 0 Å². The number of aromatic nitrogens is 2. The van der Waals surface area contributed by atoms with Crippen LogP contribution in [0.4, 0.5) is 16.4 Å². The Kier molecular flexibility index (Phi) is 5.73. The summed E-state index contributed by atoms with van der Waals surface area (Å²) in [5.41, 5.74) is 0.